The largest absolute Gasteiger partial charge is 0.376 e. The van der Waals surface area contributed by atoms with Crippen molar-refractivity contribution in [3.8, 4) is 0 Å². The van der Waals surface area contributed by atoms with E-state index < -0.39 is 0 Å². The van der Waals surface area contributed by atoms with Gasteiger partial charge < -0.3 is 15.0 Å². The zero-order valence-electron chi connectivity index (χ0n) is 12.7. The first-order valence-corrected chi connectivity index (χ1v) is 7.94. The van der Waals surface area contributed by atoms with Gasteiger partial charge in [-0.15, -0.1) is 0 Å². The van der Waals surface area contributed by atoms with Gasteiger partial charge in [-0.3, -0.25) is 4.79 Å². The van der Waals surface area contributed by atoms with Crippen molar-refractivity contribution in [2.75, 3.05) is 26.7 Å². The molecule has 1 aromatic rings. The first-order valence-electron chi connectivity index (χ1n) is 7.94. The van der Waals surface area contributed by atoms with E-state index in [1.54, 1.807) is 0 Å². The van der Waals surface area contributed by atoms with Gasteiger partial charge in [0.15, 0.2) is 0 Å². The molecule has 2 aliphatic rings. The van der Waals surface area contributed by atoms with E-state index in [1.807, 2.05) is 24.1 Å². The van der Waals surface area contributed by atoms with Gasteiger partial charge in [0, 0.05) is 32.3 Å². The Morgan fingerprint density at radius 3 is 3.14 bits per heavy atom. The average molecular weight is 288 g/mol. The van der Waals surface area contributed by atoms with E-state index in [0.29, 0.717) is 6.54 Å². The number of amides is 1. The Bertz CT molecular complexity index is 510. The number of likely N-dealkylation sites (N-methyl/N-ethyl adjacent to an activating group) is 1. The van der Waals surface area contributed by atoms with Crippen LogP contribution in [0.4, 0.5) is 0 Å². The average Bonchev–Trinajstić information content (AvgIpc) is 2.54. The minimum atomic E-state index is 0.128. The van der Waals surface area contributed by atoms with Crippen molar-refractivity contribution in [3.05, 3.63) is 34.9 Å². The molecule has 114 valence electrons. The lowest BCUT2D eigenvalue weighted by molar-refractivity contribution is -0.000212. The van der Waals surface area contributed by atoms with Crippen molar-refractivity contribution in [3.63, 3.8) is 0 Å². The van der Waals surface area contributed by atoms with Crippen LogP contribution in [0.2, 0.25) is 0 Å². The Hall–Kier alpha value is -1.39. The van der Waals surface area contributed by atoms with Crippen LogP contribution in [0.1, 0.15) is 40.7 Å². The minimum Gasteiger partial charge on any atom is -0.376 e. The third kappa shape index (κ3) is 3.27. The van der Waals surface area contributed by atoms with Crippen molar-refractivity contribution in [1.29, 1.82) is 0 Å². The molecule has 1 amide bonds. The summed E-state index contributed by atoms with van der Waals surface area (Å²) in [6, 6.07) is 6.07. The van der Waals surface area contributed by atoms with E-state index in [0.717, 1.165) is 44.5 Å². The highest BCUT2D eigenvalue weighted by atomic mass is 16.5. The molecule has 0 spiro atoms. The maximum absolute atomic E-state index is 12.7. The number of benzene rings is 1. The first-order chi connectivity index (χ1) is 10.3. The zero-order valence-corrected chi connectivity index (χ0v) is 12.7. The molecule has 3 rings (SSSR count). The van der Waals surface area contributed by atoms with Gasteiger partial charge in [0.05, 0.1) is 6.10 Å². The van der Waals surface area contributed by atoms with Gasteiger partial charge in [0.1, 0.15) is 0 Å². The Morgan fingerprint density at radius 2 is 2.33 bits per heavy atom. The predicted octanol–water partition coefficient (Wildman–Crippen LogP) is 1.97. The summed E-state index contributed by atoms with van der Waals surface area (Å²) in [6.45, 7) is 3.35. The molecule has 21 heavy (non-hydrogen) atoms. The first kappa shape index (κ1) is 14.5. The van der Waals surface area contributed by atoms with Gasteiger partial charge in [0.2, 0.25) is 0 Å². The number of ether oxygens (including phenoxy) is 1. The number of hydrogen-bond donors (Lipinski definition) is 1. The molecule has 0 aromatic heterocycles. The second kappa shape index (κ2) is 6.58. The van der Waals surface area contributed by atoms with Crippen molar-refractivity contribution >= 4 is 5.91 Å². The lowest BCUT2D eigenvalue weighted by atomic mass is 9.94. The minimum absolute atomic E-state index is 0.128. The van der Waals surface area contributed by atoms with Gasteiger partial charge in [-0.1, -0.05) is 12.1 Å². The van der Waals surface area contributed by atoms with Crippen LogP contribution >= 0.6 is 0 Å². The molecule has 0 aliphatic carbocycles. The van der Waals surface area contributed by atoms with Gasteiger partial charge in [-0.25, -0.2) is 0 Å². The fourth-order valence-corrected chi connectivity index (χ4v) is 3.28. The molecule has 2 heterocycles. The molecule has 4 heteroatoms. The smallest absolute Gasteiger partial charge is 0.253 e. The molecular weight excluding hydrogens is 264 g/mol. The molecule has 2 aliphatic heterocycles. The van der Waals surface area contributed by atoms with E-state index in [4.69, 9.17) is 4.74 Å². The van der Waals surface area contributed by atoms with Crippen molar-refractivity contribution in [1.82, 2.24) is 10.2 Å². The summed E-state index contributed by atoms with van der Waals surface area (Å²) in [7, 11) is 1.89. The number of hydrogen-bond acceptors (Lipinski definition) is 3. The summed E-state index contributed by atoms with van der Waals surface area (Å²) in [6.07, 6.45) is 4.56. The van der Waals surface area contributed by atoms with Crippen LogP contribution in [-0.4, -0.2) is 43.7 Å². The Balaban J connectivity index is 1.72. The summed E-state index contributed by atoms with van der Waals surface area (Å²) < 4.78 is 5.74. The molecule has 0 radical (unpaired) electrons. The van der Waals surface area contributed by atoms with Crippen LogP contribution in [0, 0.1) is 0 Å². The zero-order chi connectivity index (χ0) is 14.7. The summed E-state index contributed by atoms with van der Waals surface area (Å²) in [4.78, 5) is 14.6. The molecular formula is C17H24N2O2. The Labute approximate surface area is 126 Å². The Morgan fingerprint density at radius 1 is 1.43 bits per heavy atom. The number of nitrogens with one attached hydrogen (secondary N) is 1. The highest BCUT2D eigenvalue weighted by molar-refractivity contribution is 5.96. The molecule has 0 bridgehead atoms. The second-order valence-electron chi connectivity index (χ2n) is 6.04. The highest BCUT2D eigenvalue weighted by Gasteiger charge is 2.23. The monoisotopic (exact) mass is 288 g/mol. The molecule has 0 saturated carbocycles. The maximum Gasteiger partial charge on any atom is 0.253 e. The third-order valence-electron chi connectivity index (χ3n) is 4.47. The van der Waals surface area contributed by atoms with Crippen molar-refractivity contribution in [2.45, 2.75) is 38.3 Å². The second-order valence-corrected chi connectivity index (χ2v) is 6.04. The molecule has 1 atom stereocenters. The van der Waals surface area contributed by atoms with Crippen LogP contribution in [0.5, 0.6) is 0 Å². The van der Waals surface area contributed by atoms with Crippen LogP contribution in [0.3, 0.4) is 0 Å². The van der Waals surface area contributed by atoms with Gasteiger partial charge in [0.25, 0.3) is 5.91 Å². The number of carbonyl (C=O) groups excluding carboxylic acids is 1. The van der Waals surface area contributed by atoms with Crippen molar-refractivity contribution < 1.29 is 9.53 Å². The summed E-state index contributed by atoms with van der Waals surface area (Å²) in [5.74, 6) is 0.128. The topological polar surface area (TPSA) is 41.6 Å². The van der Waals surface area contributed by atoms with E-state index in [2.05, 4.69) is 11.4 Å². The Kier molecular flexibility index (Phi) is 4.56. The highest BCUT2D eigenvalue weighted by Crippen LogP contribution is 2.21. The van der Waals surface area contributed by atoms with Gasteiger partial charge >= 0.3 is 0 Å². The predicted molar refractivity (Wildman–Crippen MR) is 82.4 cm³/mol. The van der Waals surface area contributed by atoms with Crippen LogP contribution in [-0.2, 0) is 17.7 Å². The molecule has 1 unspecified atom stereocenters. The number of fused-ring (bicyclic) bond motifs is 1. The molecule has 4 nitrogen and oxygen atoms in total. The quantitative estimate of drug-likeness (QED) is 0.924. The number of carbonyl (C=O) groups is 1. The van der Waals surface area contributed by atoms with Crippen molar-refractivity contribution in [2.24, 2.45) is 0 Å². The molecule has 1 saturated heterocycles. The number of rotatable bonds is 3. The van der Waals surface area contributed by atoms with Gasteiger partial charge in [-0.2, -0.15) is 0 Å². The third-order valence-corrected chi connectivity index (χ3v) is 4.47. The summed E-state index contributed by atoms with van der Waals surface area (Å²) >= 11 is 0. The lowest BCUT2D eigenvalue weighted by Crippen LogP contribution is -2.38. The summed E-state index contributed by atoms with van der Waals surface area (Å²) in [5, 5.41) is 3.36. The van der Waals surface area contributed by atoms with E-state index >= 15 is 0 Å². The fraction of sp³-hybridized carbons (Fsp3) is 0.588. The molecule has 1 N–H and O–H groups in total. The maximum atomic E-state index is 12.7. The van der Waals surface area contributed by atoms with Crippen LogP contribution < -0.4 is 5.32 Å². The van der Waals surface area contributed by atoms with Gasteiger partial charge in [-0.05, 0) is 49.4 Å². The van der Waals surface area contributed by atoms with Crippen LogP contribution in [0.25, 0.3) is 0 Å². The van der Waals surface area contributed by atoms with E-state index in [1.165, 1.54) is 17.5 Å². The van der Waals surface area contributed by atoms with E-state index in [-0.39, 0.29) is 12.0 Å². The molecule has 1 fully saturated rings. The van der Waals surface area contributed by atoms with E-state index in [9.17, 15) is 4.79 Å². The SMILES string of the molecule is CN(CC1CCCCO1)C(=O)c1cccc2c1CCNC2. The normalized spacial score (nSPS) is 21.7. The number of nitrogens with zero attached hydrogens (tertiary/aromatic N) is 1. The van der Waals surface area contributed by atoms with Crippen LogP contribution in [0.15, 0.2) is 18.2 Å². The fourth-order valence-electron chi connectivity index (χ4n) is 3.28. The lowest BCUT2D eigenvalue weighted by Gasteiger charge is -2.28. The molecule has 1 aromatic carbocycles. The summed E-state index contributed by atoms with van der Waals surface area (Å²) in [5.41, 5.74) is 3.35. The standard InChI is InChI=1S/C17H24N2O2/c1-19(12-14-6-2-3-10-21-14)17(20)16-7-4-5-13-11-18-9-8-15(13)16/h4-5,7,14,18H,2-3,6,8-12H2,1H3.